The van der Waals surface area contributed by atoms with Crippen LogP contribution < -0.4 is 11.2 Å². The van der Waals surface area contributed by atoms with Gasteiger partial charge in [-0.25, -0.2) is 14.8 Å². The van der Waals surface area contributed by atoms with Crippen molar-refractivity contribution in [3.05, 3.63) is 35.1 Å². The van der Waals surface area contributed by atoms with Gasteiger partial charge < -0.3 is 10.5 Å². The van der Waals surface area contributed by atoms with E-state index in [4.69, 9.17) is 10.5 Å². The fraction of sp³-hybridized carbons (Fsp3) is 0.538. The van der Waals surface area contributed by atoms with Crippen molar-refractivity contribution in [1.82, 2.24) is 10.4 Å². The highest BCUT2D eigenvalue weighted by molar-refractivity contribution is 5.26. The van der Waals surface area contributed by atoms with Gasteiger partial charge >= 0.3 is 0 Å². The Morgan fingerprint density at radius 3 is 2.78 bits per heavy atom. The molecule has 100 valence electrons. The van der Waals surface area contributed by atoms with E-state index < -0.39 is 0 Å². The van der Waals surface area contributed by atoms with E-state index in [0.717, 1.165) is 18.7 Å². The first-order valence-electron chi connectivity index (χ1n) is 6.25. The molecule has 1 saturated heterocycles. The molecule has 3 N–H and O–H groups in total. The summed E-state index contributed by atoms with van der Waals surface area (Å²) in [5, 5.41) is 2.08. The van der Waals surface area contributed by atoms with Crippen LogP contribution in [-0.2, 0) is 4.74 Å². The molecule has 1 heterocycles. The highest BCUT2D eigenvalue weighted by Gasteiger charge is 2.17. The Morgan fingerprint density at radius 1 is 1.44 bits per heavy atom. The third-order valence-corrected chi connectivity index (χ3v) is 3.18. The smallest absolute Gasteiger partial charge is 0.126 e. The largest absolute Gasteiger partial charge is 0.379 e. The molecule has 1 aromatic carbocycles. The molecule has 0 saturated carbocycles. The maximum absolute atomic E-state index is 13.6. The Bertz CT molecular complexity index is 394. The quantitative estimate of drug-likeness (QED) is 0.839. The zero-order chi connectivity index (χ0) is 13.0. The van der Waals surface area contributed by atoms with Gasteiger partial charge in [0.1, 0.15) is 5.82 Å². The predicted molar refractivity (Wildman–Crippen MR) is 68.5 cm³/mol. The second kappa shape index (κ2) is 6.24. The van der Waals surface area contributed by atoms with E-state index in [1.54, 1.807) is 19.1 Å². The van der Waals surface area contributed by atoms with Crippen LogP contribution in [0.5, 0.6) is 0 Å². The highest BCUT2D eigenvalue weighted by Crippen LogP contribution is 2.16. The number of rotatable bonds is 4. The number of hydrogen-bond acceptors (Lipinski definition) is 4. The maximum atomic E-state index is 13.6. The van der Waals surface area contributed by atoms with Crippen molar-refractivity contribution in [3.8, 4) is 0 Å². The summed E-state index contributed by atoms with van der Waals surface area (Å²) in [6.45, 7) is 5.26. The van der Waals surface area contributed by atoms with Crippen molar-refractivity contribution in [1.29, 1.82) is 0 Å². The van der Waals surface area contributed by atoms with Gasteiger partial charge in [0.05, 0.1) is 19.3 Å². The molecular weight excluding hydrogens is 233 g/mol. The lowest BCUT2D eigenvalue weighted by Gasteiger charge is -2.31. The van der Waals surface area contributed by atoms with Gasteiger partial charge in [-0.1, -0.05) is 12.1 Å². The molecular formula is C13H20FN3O. The van der Waals surface area contributed by atoms with E-state index in [2.05, 4.69) is 10.4 Å². The minimum Gasteiger partial charge on any atom is -0.379 e. The molecule has 4 nitrogen and oxygen atoms in total. The fourth-order valence-corrected chi connectivity index (χ4v) is 2.00. The van der Waals surface area contributed by atoms with Gasteiger partial charge in [-0.15, -0.1) is 0 Å². The van der Waals surface area contributed by atoms with E-state index in [1.165, 1.54) is 0 Å². The van der Waals surface area contributed by atoms with Crippen molar-refractivity contribution in [2.45, 2.75) is 13.0 Å². The van der Waals surface area contributed by atoms with Crippen LogP contribution in [-0.4, -0.2) is 37.9 Å². The normalized spacial score (nSPS) is 18.8. The molecule has 0 radical (unpaired) electrons. The molecule has 1 unspecified atom stereocenters. The molecule has 1 aromatic rings. The minimum atomic E-state index is -0.185. The van der Waals surface area contributed by atoms with E-state index >= 15 is 0 Å². The summed E-state index contributed by atoms with van der Waals surface area (Å²) in [6.07, 6.45) is 0. The Labute approximate surface area is 107 Å². The standard InChI is InChI=1S/C13H20FN3O/c1-10-2-3-11(8-12(10)14)13(9-15)16-17-4-6-18-7-5-17/h2-3,8,13,16H,4-7,9,15H2,1H3. The average molecular weight is 253 g/mol. The summed E-state index contributed by atoms with van der Waals surface area (Å²) >= 11 is 0. The molecule has 2 rings (SSSR count). The zero-order valence-electron chi connectivity index (χ0n) is 10.7. The van der Waals surface area contributed by atoms with E-state index in [-0.39, 0.29) is 11.9 Å². The van der Waals surface area contributed by atoms with Crippen molar-refractivity contribution in [3.63, 3.8) is 0 Å². The molecule has 0 bridgehead atoms. The van der Waals surface area contributed by atoms with Gasteiger partial charge in [-0.3, -0.25) is 0 Å². The van der Waals surface area contributed by atoms with Crippen LogP contribution >= 0.6 is 0 Å². The fourth-order valence-electron chi connectivity index (χ4n) is 2.00. The Hall–Kier alpha value is -1.01. The Morgan fingerprint density at radius 2 is 2.17 bits per heavy atom. The molecule has 1 aliphatic rings. The van der Waals surface area contributed by atoms with E-state index in [9.17, 15) is 4.39 Å². The topological polar surface area (TPSA) is 50.5 Å². The molecule has 1 aliphatic heterocycles. The molecule has 0 aromatic heterocycles. The van der Waals surface area contributed by atoms with Crippen molar-refractivity contribution >= 4 is 0 Å². The lowest BCUT2D eigenvalue weighted by Crippen LogP contribution is -2.48. The summed E-state index contributed by atoms with van der Waals surface area (Å²) < 4.78 is 18.8. The summed E-state index contributed by atoms with van der Waals surface area (Å²) in [7, 11) is 0. The van der Waals surface area contributed by atoms with Gasteiger partial charge in [0.15, 0.2) is 0 Å². The van der Waals surface area contributed by atoms with Crippen LogP contribution in [0.2, 0.25) is 0 Å². The molecule has 1 fully saturated rings. The van der Waals surface area contributed by atoms with Crippen molar-refractivity contribution in [2.75, 3.05) is 32.8 Å². The van der Waals surface area contributed by atoms with Crippen LogP contribution in [0.4, 0.5) is 4.39 Å². The number of nitrogens with zero attached hydrogens (tertiary/aromatic N) is 1. The number of nitrogens with one attached hydrogen (secondary N) is 1. The first-order chi connectivity index (χ1) is 8.70. The SMILES string of the molecule is Cc1ccc(C(CN)NN2CCOCC2)cc1F. The number of halogens is 1. The van der Waals surface area contributed by atoms with E-state index in [0.29, 0.717) is 25.3 Å². The van der Waals surface area contributed by atoms with Gasteiger partial charge in [0.25, 0.3) is 0 Å². The number of hydrazine groups is 1. The van der Waals surface area contributed by atoms with Crippen LogP contribution in [0, 0.1) is 12.7 Å². The zero-order valence-corrected chi connectivity index (χ0v) is 10.7. The van der Waals surface area contributed by atoms with Gasteiger partial charge in [-0.05, 0) is 24.1 Å². The van der Waals surface area contributed by atoms with Gasteiger partial charge in [0.2, 0.25) is 0 Å². The predicted octanol–water partition coefficient (Wildman–Crippen LogP) is 0.971. The third kappa shape index (κ3) is 3.26. The molecule has 1 atom stereocenters. The molecule has 5 heteroatoms. The lowest BCUT2D eigenvalue weighted by molar-refractivity contribution is 0.00402. The van der Waals surface area contributed by atoms with Crippen molar-refractivity contribution < 1.29 is 9.13 Å². The summed E-state index contributed by atoms with van der Waals surface area (Å²) in [5.74, 6) is -0.185. The monoisotopic (exact) mass is 253 g/mol. The summed E-state index contributed by atoms with van der Waals surface area (Å²) in [5.41, 5.74) is 10.6. The van der Waals surface area contributed by atoms with Crippen LogP contribution in [0.15, 0.2) is 18.2 Å². The van der Waals surface area contributed by atoms with Crippen molar-refractivity contribution in [2.24, 2.45) is 5.73 Å². The number of morpholine rings is 1. The van der Waals surface area contributed by atoms with Crippen LogP contribution in [0.25, 0.3) is 0 Å². The summed E-state index contributed by atoms with van der Waals surface area (Å²) in [4.78, 5) is 0. The molecule has 0 aliphatic carbocycles. The number of aryl methyl sites for hydroxylation is 1. The number of nitrogens with two attached hydrogens (primary N) is 1. The second-order valence-corrected chi connectivity index (χ2v) is 4.53. The maximum Gasteiger partial charge on any atom is 0.126 e. The Kier molecular flexibility index (Phi) is 4.66. The highest BCUT2D eigenvalue weighted by atomic mass is 19.1. The molecule has 0 amide bonds. The number of benzene rings is 1. The third-order valence-electron chi connectivity index (χ3n) is 3.18. The number of hydrogen-bond donors (Lipinski definition) is 2. The van der Waals surface area contributed by atoms with E-state index in [1.807, 2.05) is 6.07 Å². The number of ether oxygens (including phenoxy) is 1. The Balaban J connectivity index is 2.04. The van der Waals surface area contributed by atoms with Gasteiger partial charge in [-0.2, -0.15) is 0 Å². The van der Waals surface area contributed by atoms with Crippen LogP contribution in [0.1, 0.15) is 17.2 Å². The summed E-state index contributed by atoms with van der Waals surface area (Å²) in [6, 6.07) is 5.20. The van der Waals surface area contributed by atoms with Gasteiger partial charge in [0, 0.05) is 19.6 Å². The molecule has 18 heavy (non-hydrogen) atoms. The lowest BCUT2D eigenvalue weighted by atomic mass is 10.1. The molecule has 0 spiro atoms. The first kappa shape index (κ1) is 13.4. The minimum absolute atomic E-state index is 0.0572. The second-order valence-electron chi connectivity index (χ2n) is 4.53. The first-order valence-corrected chi connectivity index (χ1v) is 6.25. The average Bonchev–Trinajstić information content (AvgIpc) is 2.40. The van der Waals surface area contributed by atoms with Crippen LogP contribution in [0.3, 0.4) is 0 Å².